The van der Waals surface area contributed by atoms with Gasteiger partial charge in [-0.2, -0.15) is 8.42 Å². The van der Waals surface area contributed by atoms with Crippen molar-refractivity contribution in [3.63, 3.8) is 0 Å². The van der Waals surface area contributed by atoms with Gasteiger partial charge in [0.2, 0.25) is 0 Å². The monoisotopic (exact) mass is 618 g/mol. The molecule has 1 saturated carbocycles. The number of halogens is 3. The van der Waals surface area contributed by atoms with E-state index in [9.17, 15) is 21.6 Å². The highest BCUT2D eigenvalue weighted by Gasteiger charge is 2.38. The number of anilines is 2. The smallest absolute Gasteiger partial charge is 0.411 e. The highest BCUT2D eigenvalue weighted by molar-refractivity contribution is 7.91. The Bertz CT molecular complexity index is 1460. The maximum absolute atomic E-state index is 15.9. The number of carbonyl (C=O) groups excluding carboxylic acids is 1. The van der Waals surface area contributed by atoms with Gasteiger partial charge in [-0.05, 0) is 25.0 Å². The lowest BCUT2D eigenvalue weighted by Crippen LogP contribution is -2.27. The molecule has 0 unspecified atom stereocenters. The number of sulfone groups is 1. The summed E-state index contributed by atoms with van der Waals surface area (Å²) in [6.07, 6.45) is 4.89. The Balaban J connectivity index is 2.00. The van der Waals surface area contributed by atoms with Crippen molar-refractivity contribution in [2.45, 2.75) is 60.8 Å². The third-order valence-corrected chi connectivity index (χ3v) is 9.24. The number of carbonyl (C=O) groups is 1. The summed E-state index contributed by atoms with van der Waals surface area (Å²) in [7, 11) is -7.15. The van der Waals surface area contributed by atoms with Gasteiger partial charge in [0.1, 0.15) is 17.8 Å². The molecule has 1 aliphatic carbocycles. The standard InChI is InChI=1S/C26H33F3N4O6S2/c1-33(2)17-30-41(37,38)24-20(27)21(28)25(23(22(24)29)31-18-11-7-4-3-5-8-12-18)40(35,36)16-15-39-26(34)32-19-13-9-6-10-14-19/h6,9-10,13-14,17-18,31H,3-5,7-8,11-12,15-16H2,1-2H3,(H,32,34). The molecule has 2 aromatic carbocycles. The zero-order chi connectivity index (χ0) is 30.2. The number of benzene rings is 2. The molecule has 0 atom stereocenters. The summed E-state index contributed by atoms with van der Waals surface area (Å²) < 4.78 is 107. The second-order valence-electron chi connectivity index (χ2n) is 9.77. The van der Waals surface area contributed by atoms with Crippen molar-refractivity contribution in [1.82, 2.24) is 4.90 Å². The van der Waals surface area contributed by atoms with Crippen LogP contribution in [0.5, 0.6) is 0 Å². The van der Waals surface area contributed by atoms with Gasteiger partial charge in [0.15, 0.2) is 32.2 Å². The molecule has 1 aliphatic rings. The summed E-state index contributed by atoms with van der Waals surface area (Å²) in [5.41, 5.74) is -0.628. The molecule has 0 radical (unpaired) electrons. The predicted octanol–water partition coefficient (Wildman–Crippen LogP) is 4.93. The largest absolute Gasteiger partial charge is 0.448 e. The fraction of sp³-hybridized carbons (Fsp3) is 0.462. The molecule has 2 N–H and O–H groups in total. The maximum Gasteiger partial charge on any atom is 0.411 e. The first-order valence-corrected chi connectivity index (χ1v) is 16.1. The van der Waals surface area contributed by atoms with Crippen LogP contribution >= 0.6 is 0 Å². The molecule has 0 heterocycles. The van der Waals surface area contributed by atoms with E-state index in [-0.39, 0.29) is 0 Å². The van der Waals surface area contributed by atoms with Crippen LogP contribution in [0.15, 0.2) is 44.5 Å². The van der Waals surface area contributed by atoms with E-state index in [1.165, 1.54) is 19.0 Å². The van der Waals surface area contributed by atoms with Gasteiger partial charge >= 0.3 is 6.09 Å². The molecule has 1 fully saturated rings. The average Bonchev–Trinajstić information content (AvgIpc) is 2.87. The van der Waals surface area contributed by atoms with Crippen LogP contribution in [0, 0.1) is 17.5 Å². The second-order valence-corrected chi connectivity index (χ2v) is 13.4. The normalized spacial score (nSPS) is 15.2. The molecule has 41 heavy (non-hydrogen) atoms. The molecule has 226 valence electrons. The number of nitrogens with zero attached hydrogens (tertiary/aromatic N) is 2. The van der Waals surface area contributed by atoms with Crippen molar-refractivity contribution in [3.05, 3.63) is 47.8 Å². The SMILES string of the molecule is CN(C)C=NS(=O)(=O)c1c(F)c(F)c(S(=O)(=O)CCOC(=O)Nc2ccccc2)c(NC2CCCCCCC2)c1F. The predicted molar refractivity (Wildman–Crippen MR) is 149 cm³/mol. The fourth-order valence-corrected chi connectivity index (χ4v) is 6.69. The number of amides is 1. The highest BCUT2D eigenvalue weighted by Crippen LogP contribution is 2.37. The third kappa shape index (κ3) is 8.58. The summed E-state index contributed by atoms with van der Waals surface area (Å²) >= 11 is 0. The Morgan fingerprint density at radius 3 is 2.15 bits per heavy atom. The van der Waals surface area contributed by atoms with Crippen LogP contribution < -0.4 is 10.6 Å². The van der Waals surface area contributed by atoms with E-state index in [1.54, 1.807) is 30.3 Å². The Morgan fingerprint density at radius 1 is 0.951 bits per heavy atom. The van der Waals surface area contributed by atoms with E-state index in [0.29, 0.717) is 31.4 Å². The van der Waals surface area contributed by atoms with Crippen molar-refractivity contribution >= 4 is 43.7 Å². The molecule has 0 spiro atoms. The molecular formula is C26H33F3N4O6S2. The van der Waals surface area contributed by atoms with E-state index in [2.05, 4.69) is 15.0 Å². The van der Waals surface area contributed by atoms with Crippen LogP contribution in [0.1, 0.15) is 44.9 Å². The number of hydrogen-bond donors (Lipinski definition) is 2. The van der Waals surface area contributed by atoms with Crippen LogP contribution in [0.25, 0.3) is 0 Å². The summed E-state index contributed by atoms with van der Waals surface area (Å²) in [6, 6.07) is 7.59. The van der Waals surface area contributed by atoms with Crippen molar-refractivity contribution in [2.75, 3.05) is 37.1 Å². The van der Waals surface area contributed by atoms with Gasteiger partial charge < -0.3 is 15.0 Å². The number of ether oxygens (including phenoxy) is 1. The molecule has 10 nitrogen and oxygen atoms in total. The van der Waals surface area contributed by atoms with Gasteiger partial charge in [0.05, 0.1) is 11.4 Å². The minimum atomic E-state index is -5.11. The van der Waals surface area contributed by atoms with Crippen molar-refractivity contribution in [1.29, 1.82) is 0 Å². The van der Waals surface area contributed by atoms with Gasteiger partial charge in [-0.1, -0.05) is 50.3 Å². The van der Waals surface area contributed by atoms with E-state index >= 15 is 13.2 Å². The van der Waals surface area contributed by atoms with Crippen LogP contribution in [0.2, 0.25) is 0 Å². The molecular weight excluding hydrogens is 585 g/mol. The van der Waals surface area contributed by atoms with E-state index in [1.807, 2.05) is 0 Å². The first kappa shape index (κ1) is 32.2. The molecule has 1 amide bonds. The van der Waals surface area contributed by atoms with Gasteiger partial charge in [-0.25, -0.2) is 26.4 Å². The summed E-state index contributed by atoms with van der Waals surface area (Å²) in [4.78, 5) is 10.1. The van der Waals surface area contributed by atoms with Crippen LogP contribution in [-0.2, 0) is 24.6 Å². The second kappa shape index (κ2) is 14.0. The fourth-order valence-electron chi connectivity index (χ4n) is 4.30. The average molecular weight is 619 g/mol. The van der Waals surface area contributed by atoms with Gasteiger partial charge in [-0.15, -0.1) is 4.40 Å². The van der Waals surface area contributed by atoms with Gasteiger partial charge in [-0.3, -0.25) is 5.32 Å². The van der Waals surface area contributed by atoms with Crippen LogP contribution in [0.3, 0.4) is 0 Å². The Labute approximate surface area is 238 Å². The van der Waals surface area contributed by atoms with E-state index in [0.717, 1.165) is 25.6 Å². The molecule has 0 saturated heterocycles. The lowest BCUT2D eigenvalue weighted by molar-refractivity contribution is 0.168. The molecule has 2 aromatic rings. The van der Waals surface area contributed by atoms with Crippen molar-refractivity contribution in [3.8, 4) is 0 Å². The first-order chi connectivity index (χ1) is 19.3. The highest BCUT2D eigenvalue weighted by atomic mass is 32.2. The van der Waals surface area contributed by atoms with Crippen LogP contribution in [-0.4, -0.2) is 66.7 Å². The zero-order valence-electron chi connectivity index (χ0n) is 22.7. The third-order valence-electron chi connectivity index (χ3n) is 6.28. The summed E-state index contributed by atoms with van der Waals surface area (Å²) in [6.45, 7) is -0.778. The van der Waals surface area contributed by atoms with E-state index < -0.39 is 77.3 Å². The van der Waals surface area contributed by atoms with Crippen molar-refractivity contribution < 1.29 is 39.5 Å². The minimum Gasteiger partial charge on any atom is -0.448 e. The molecule has 15 heteroatoms. The minimum absolute atomic E-state index is 0.370. The number of sulfonamides is 1. The summed E-state index contributed by atoms with van der Waals surface area (Å²) in [5, 5.41) is 5.03. The molecule has 0 aliphatic heterocycles. The lowest BCUT2D eigenvalue weighted by Gasteiger charge is -2.25. The Morgan fingerprint density at radius 2 is 1.54 bits per heavy atom. The maximum atomic E-state index is 15.9. The Hall–Kier alpha value is -3.33. The topological polar surface area (TPSA) is 134 Å². The van der Waals surface area contributed by atoms with Gasteiger partial charge in [0, 0.05) is 25.8 Å². The first-order valence-electron chi connectivity index (χ1n) is 13.0. The number of hydrogen-bond acceptors (Lipinski definition) is 7. The summed E-state index contributed by atoms with van der Waals surface area (Å²) in [5.74, 6) is -7.13. The lowest BCUT2D eigenvalue weighted by atomic mass is 9.96. The van der Waals surface area contributed by atoms with Crippen LogP contribution in [0.4, 0.5) is 29.3 Å². The molecule has 3 rings (SSSR count). The number of rotatable bonds is 10. The Kier molecular flexibility index (Phi) is 11.0. The molecule has 0 bridgehead atoms. The van der Waals surface area contributed by atoms with E-state index in [4.69, 9.17) is 4.74 Å². The number of para-hydroxylation sites is 1. The van der Waals surface area contributed by atoms with Crippen molar-refractivity contribution in [2.24, 2.45) is 4.40 Å². The number of nitrogens with one attached hydrogen (secondary N) is 2. The zero-order valence-corrected chi connectivity index (χ0v) is 24.3. The molecule has 0 aromatic heterocycles. The quantitative estimate of drug-likeness (QED) is 0.218. The van der Waals surface area contributed by atoms with Gasteiger partial charge in [0.25, 0.3) is 10.0 Å².